The molecule has 0 radical (unpaired) electrons. The zero-order valence-electron chi connectivity index (χ0n) is 13.9. The third-order valence-electron chi connectivity index (χ3n) is 4.35. The number of aromatic amines is 1. The van der Waals surface area contributed by atoms with Crippen molar-refractivity contribution in [2.24, 2.45) is 0 Å². The van der Waals surface area contributed by atoms with Gasteiger partial charge in [0.2, 0.25) is 0 Å². The van der Waals surface area contributed by atoms with E-state index in [0.717, 1.165) is 41.6 Å². The van der Waals surface area contributed by atoms with Crippen LogP contribution < -0.4 is 0 Å². The summed E-state index contributed by atoms with van der Waals surface area (Å²) in [6.07, 6.45) is 3.66. The number of aromatic nitrogens is 4. The highest BCUT2D eigenvalue weighted by molar-refractivity contribution is 5.54. The lowest BCUT2D eigenvalue weighted by atomic mass is 9.99. The van der Waals surface area contributed by atoms with Crippen LogP contribution in [-0.2, 0) is 0 Å². The van der Waals surface area contributed by atoms with Crippen molar-refractivity contribution in [2.75, 3.05) is 6.54 Å². The van der Waals surface area contributed by atoms with Crippen LogP contribution in [0, 0.1) is 13.8 Å². The highest BCUT2D eigenvalue weighted by Crippen LogP contribution is 2.31. The van der Waals surface area contributed by atoms with Gasteiger partial charge in [-0.1, -0.05) is 6.42 Å². The van der Waals surface area contributed by atoms with E-state index in [9.17, 15) is 0 Å². The first-order chi connectivity index (χ1) is 10.5. The van der Waals surface area contributed by atoms with Gasteiger partial charge in [-0.2, -0.15) is 5.10 Å². The normalized spacial score (nSPS) is 19.8. The highest BCUT2D eigenvalue weighted by atomic mass is 15.2. The van der Waals surface area contributed by atoms with Crippen LogP contribution >= 0.6 is 0 Å². The van der Waals surface area contributed by atoms with Crippen molar-refractivity contribution in [3.8, 4) is 11.4 Å². The maximum atomic E-state index is 4.84. The summed E-state index contributed by atoms with van der Waals surface area (Å²) >= 11 is 0. The fourth-order valence-corrected chi connectivity index (χ4v) is 3.27. The predicted octanol–water partition coefficient (Wildman–Crippen LogP) is 3.42. The van der Waals surface area contributed by atoms with Crippen LogP contribution in [0.1, 0.15) is 56.4 Å². The molecule has 118 valence electrons. The van der Waals surface area contributed by atoms with Crippen LogP contribution in [0.25, 0.3) is 11.4 Å². The van der Waals surface area contributed by atoms with Crippen molar-refractivity contribution < 1.29 is 0 Å². The van der Waals surface area contributed by atoms with Gasteiger partial charge < -0.3 is 0 Å². The van der Waals surface area contributed by atoms with Crippen LogP contribution in [0.3, 0.4) is 0 Å². The van der Waals surface area contributed by atoms with E-state index in [-0.39, 0.29) is 0 Å². The summed E-state index contributed by atoms with van der Waals surface area (Å²) in [7, 11) is 0. The average Bonchev–Trinajstić information content (AvgIpc) is 2.93. The second-order valence-electron chi connectivity index (χ2n) is 6.53. The summed E-state index contributed by atoms with van der Waals surface area (Å²) in [6.45, 7) is 9.69. The van der Waals surface area contributed by atoms with Crippen molar-refractivity contribution in [3.05, 3.63) is 29.3 Å². The first kappa shape index (κ1) is 15.2. The topological polar surface area (TPSA) is 57.7 Å². The van der Waals surface area contributed by atoms with Gasteiger partial charge in [-0.25, -0.2) is 9.97 Å². The van der Waals surface area contributed by atoms with Gasteiger partial charge in [0.15, 0.2) is 0 Å². The summed E-state index contributed by atoms with van der Waals surface area (Å²) in [5, 5.41) is 7.33. The SMILES string of the molecule is Cc1cc(-c2cc(C)[nH]n2)nc([C@@H]2CCCCN2C(C)C)n1. The standard InChI is InChI=1S/C17H25N5/c1-11(2)22-8-6-5-7-16(22)17-18-12(3)9-14(19-17)15-10-13(4)20-21-15/h9-11,16H,5-8H2,1-4H3,(H,20,21)/t16-/m0/s1. The van der Waals surface area contributed by atoms with Crippen molar-refractivity contribution >= 4 is 0 Å². The zero-order chi connectivity index (χ0) is 15.7. The number of hydrogen-bond acceptors (Lipinski definition) is 4. The molecule has 2 aromatic rings. The van der Waals surface area contributed by atoms with Crippen LogP contribution in [0.15, 0.2) is 12.1 Å². The van der Waals surface area contributed by atoms with E-state index in [1.54, 1.807) is 0 Å². The molecule has 2 aromatic heterocycles. The summed E-state index contributed by atoms with van der Waals surface area (Å²) in [4.78, 5) is 12.1. The van der Waals surface area contributed by atoms with E-state index in [1.807, 2.05) is 26.0 Å². The van der Waals surface area contributed by atoms with Crippen LogP contribution in [-0.4, -0.2) is 37.7 Å². The third-order valence-corrected chi connectivity index (χ3v) is 4.35. The fourth-order valence-electron chi connectivity index (χ4n) is 3.27. The largest absolute Gasteiger partial charge is 0.291 e. The van der Waals surface area contributed by atoms with E-state index in [0.29, 0.717) is 12.1 Å². The number of rotatable bonds is 3. The molecular weight excluding hydrogens is 274 g/mol. The molecule has 0 bridgehead atoms. The highest BCUT2D eigenvalue weighted by Gasteiger charge is 2.28. The minimum Gasteiger partial charge on any atom is -0.291 e. The molecule has 5 nitrogen and oxygen atoms in total. The maximum Gasteiger partial charge on any atom is 0.146 e. The number of nitrogens with zero attached hydrogens (tertiary/aromatic N) is 4. The van der Waals surface area contributed by atoms with Gasteiger partial charge in [-0.05, 0) is 59.2 Å². The molecule has 0 aromatic carbocycles. The van der Waals surface area contributed by atoms with Gasteiger partial charge >= 0.3 is 0 Å². The number of piperidine rings is 1. The molecule has 1 N–H and O–H groups in total. The molecule has 1 saturated heterocycles. The van der Waals surface area contributed by atoms with E-state index in [1.165, 1.54) is 12.8 Å². The lowest BCUT2D eigenvalue weighted by Gasteiger charge is -2.37. The van der Waals surface area contributed by atoms with Crippen LogP contribution in [0.2, 0.25) is 0 Å². The Morgan fingerprint density at radius 2 is 1.95 bits per heavy atom. The van der Waals surface area contributed by atoms with Crippen molar-refractivity contribution in [2.45, 2.75) is 59.0 Å². The lowest BCUT2D eigenvalue weighted by Crippen LogP contribution is -2.39. The summed E-state index contributed by atoms with van der Waals surface area (Å²) in [5.74, 6) is 0.948. The Labute approximate surface area is 132 Å². The molecule has 3 rings (SSSR count). The Hall–Kier alpha value is -1.75. The molecule has 22 heavy (non-hydrogen) atoms. The number of hydrogen-bond donors (Lipinski definition) is 1. The van der Waals surface area contributed by atoms with E-state index < -0.39 is 0 Å². The third kappa shape index (κ3) is 3.04. The molecule has 0 amide bonds. The summed E-state index contributed by atoms with van der Waals surface area (Å²) in [5.41, 5.74) is 3.88. The number of likely N-dealkylation sites (tertiary alicyclic amines) is 1. The van der Waals surface area contributed by atoms with Gasteiger partial charge in [0.1, 0.15) is 11.5 Å². The molecule has 5 heteroatoms. The number of nitrogens with one attached hydrogen (secondary N) is 1. The second-order valence-corrected chi connectivity index (χ2v) is 6.53. The maximum absolute atomic E-state index is 4.84. The fraction of sp³-hybridized carbons (Fsp3) is 0.588. The summed E-state index contributed by atoms with van der Waals surface area (Å²) in [6, 6.07) is 4.90. The van der Waals surface area contributed by atoms with E-state index in [4.69, 9.17) is 9.97 Å². The number of aryl methyl sites for hydroxylation is 2. The lowest BCUT2D eigenvalue weighted by molar-refractivity contribution is 0.106. The van der Waals surface area contributed by atoms with Crippen molar-refractivity contribution in [1.82, 2.24) is 25.1 Å². The average molecular weight is 299 g/mol. The first-order valence-corrected chi connectivity index (χ1v) is 8.18. The van der Waals surface area contributed by atoms with E-state index in [2.05, 4.69) is 28.9 Å². The van der Waals surface area contributed by atoms with Crippen LogP contribution in [0.4, 0.5) is 0 Å². The summed E-state index contributed by atoms with van der Waals surface area (Å²) < 4.78 is 0. The molecule has 0 saturated carbocycles. The minimum atomic E-state index is 0.326. The Balaban J connectivity index is 1.98. The van der Waals surface area contributed by atoms with Gasteiger partial charge in [0.05, 0.1) is 11.7 Å². The first-order valence-electron chi connectivity index (χ1n) is 8.18. The number of H-pyrrole nitrogens is 1. The Kier molecular flexibility index (Phi) is 4.25. The molecule has 0 aliphatic carbocycles. The minimum absolute atomic E-state index is 0.326. The van der Waals surface area contributed by atoms with Crippen molar-refractivity contribution in [1.29, 1.82) is 0 Å². The Morgan fingerprint density at radius 1 is 1.14 bits per heavy atom. The Bertz CT molecular complexity index is 646. The molecule has 1 fully saturated rings. The van der Waals surface area contributed by atoms with Crippen molar-refractivity contribution in [3.63, 3.8) is 0 Å². The second kappa shape index (κ2) is 6.16. The van der Waals surface area contributed by atoms with Gasteiger partial charge in [0, 0.05) is 17.4 Å². The molecule has 0 spiro atoms. The van der Waals surface area contributed by atoms with Gasteiger partial charge in [-0.3, -0.25) is 10.00 Å². The quantitative estimate of drug-likeness (QED) is 0.943. The Morgan fingerprint density at radius 3 is 2.64 bits per heavy atom. The van der Waals surface area contributed by atoms with E-state index >= 15 is 0 Å². The predicted molar refractivity (Wildman–Crippen MR) is 87.5 cm³/mol. The molecule has 1 aliphatic heterocycles. The molecule has 1 atom stereocenters. The molecule has 1 aliphatic rings. The molecule has 0 unspecified atom stereocenters. The zero-order valence-corrected chi connectivity index (χ0v) is 13.9. The van der Waals surface area contributed by atoms with Gasteiger partial charge in [-0.15, -0.1) is 0 Å². The van der Waals surface area contributed by atoms with Gasteiger partial charge in [0.25, 0.3) is 0 Å². The smallest absolute Gasteiger partial charge is 0.146 e. The van der Waals surface area contributed by atoms with Crippen LogP contribution in [0.5, 0.6) is 0 Å². The molecule has 3 heterocycles. The molecular formula is C17H25N5. The monoisotopic (exact) mass is 299 g/mol.